The zero-order valence-electron chi connectivity index (χ0n) is 13.4. The van der Waals surface area contributed by atoms with Gasteiger partial charge in [-0.05, 0) is 50.2 Å². The molecular weight excluding hydrogens is 295 g/mol. The minimum Gasteiger partial charge on any atom is -0.393 e. The van der Waals surface area contributed by atoms with Crippen molar-refractivity contribution in [3.63, 3.8) is 0 Å². The van der Waals surface area contributed by atoms with Crippen molar-refractivity contribution in [2.24, 2.45) is 11.8 Å². The van der Waals surface area contributed by atoms with E-state index >= 15 is 0 Å². The molecule has 2 N–H and O–H groups in total. The molecule has 2 fully saturated rings. The lowest BCUT2D eigenvalue weighted by molar-refractivity contribution is -0.126. The largest absolute Gasteiger partial charge is 0.393 e. The number of nitrogens with one attached hydrogen (secondary N) is 1. The highest BCUT2D eigenvalue weighted by Gasteiger charge is 2.28. The second-order valence-corrected chi connectivity index (χ2v) is 6.80. The van der Waals surface area contributed by atoms with Crippen LogP contribution in [0, 0.1) is 17.7 Å². The van der Waals surface area contributed by atoms with Crippen LogP contribution in [0.1, 0.15) is 32.1 Å². The van der Waals surface area contributed by atoms with Gasteiger partial charge in [-0.25, -0.2) is 4.39 Å². The Morgan fingerprint density at radius 2 is 1.96 bits per heavy atom. The monoisotopic (exact) mass is 320 g/mol. The van der Waals surface area contributed by atoms with Crippen LogP contribution in [0.2, 0.25) is 0 Å². The first kappa shape index (κ1) is 16.2. The molecule has 1 atom stereocenters. The van der Waals surface area contributed by atoms with Crippen LogP contribution in [0.4, 0.5) is 10.1 Å². The number of rotatable bonds is 4. The summed E-state index contributed by atoms with van der Waals surface area (Å²) in [4.78, 5) is 14.3. The number of carbonyl (C=O) groups is 1. The molecule has 2 aliphatic rings. The maximum absolute atomic E-state index is 13.8. The Bertz CT molecular complexity index is 544. The van der Waals surface area contributed by atoms with E-state index in [0.29, 0.717) is 18.2 Å². The predicted octanol–water partition coefficient (Wildman–Crippen LogP) is 2.32. The van der Waals surface area contributed by atoms with E-state index in [1.54, 1.807) is 6.07 Å². The number of hydrogen-bond acceptors (Lipinski definition) is 3. The van der Waals surface area contributed by atoms with Gasteiger partial charge in [-0.2, -0.15) is 0 Å². The van der Waals surface area contributed by atoms with E-state index in [-0.39, 0.29) is 23.7 Å². The molecule has 3 rings (SSSR count). The molecule has 0 bridgehead atoms. The lowest BCUT2D eigenvalue weighted by Crippen LogP contribution is -2.37. The molecule has 1 saturated carbocycles. The molecule has 0 unspecified atom stereocenters. The average molecular weight is 320 g/mol. The van der Waals surface area contributed by atoms with Gasteiger partial charge in [-0.1, -0.05) is 12.1 Å². The third kappa shape index (κ3) is 4.02. The van der Waals surface area contributed by atoms with Gasteiger partial charge in [0.05, 0.1) is 11.8 Å². The summed E-state index contributed by atoms with van der Waals surface area (Å²) < 4.78 is 13.8. The van der Waals surface area contributed by atoms with Crippen molar-refractivity contribution in [3.05, 3.63) is 30.1 Å². The number of hydrogen-bond donors (Lipinski definition) is 2. The fourth-order valence-corrected chi connectivity index (χ4v) is 3.65. The van der Waals surface area contributed by atoms with Gasteiger partial charge >= 0.3 is 0 Å². The molecule has 1 aromatic rings. The fraction of sp³-hybridized carbons (Fsp3) is 0.611. The highest BCUT2D eigenvalue weighted by atomic mass is 19.1. The zero-order valence-corrected chi connectivity index (χ0v) is 13.4. The van der Waals surface area contributed by atoms with E-state index in [0.717, 1.165) is 45.2 Å². The number of aliphatic hydroxyl groups excluding tert-OH is 1. The number of benzene rings is 1. The van der Waals surface area contributed by atoms with E-state index < -0.39 is 0 Å². The highest BCUT2D eigenvalue weighted by Crippen LogP contribution is 2.27. The summed E-state index contributed by atoms with van der Waals surface area (Å²) in [5.41, 5.74) is 0.655. The molecule has 23 heavy (non-hydrogen) atoms. The molecule has 0 spiro atoms. The number of nitrogens with zero attached hydrogens (tertiary/aromatic N) is 1. The van der Waals surface area contributed by atoms with Crippen LogP contribution in [-0.2, 0) is 4.79 Å². The molecule has 1 aliphatic carbocycles. The summed E-state index contributed by atoms with van der Waals surface area (Å²) >= 11 is 0. The summed E-state index contributed by atoms with van der Waals surface area (Å²) in [5.74, 6) is 0.342. The topological polar surface area (TPSA) is 52.6 Å². The second-order valence-electron chi connectivity index (χ2n) is 6.80. The molecule has 1 amide bonds. The Kier molecular flexibility index (Phi) is 5.16. The zero-order chi connectivity index (χ0) is 16.2. The summed E-state index contributed by atoms with van der Waals surface area (Å²) in [6.45, 7) is 2.27. The van der Waals surface area contributed by atoms with Gasteiger partial charge in [-0.15, -0.1) is 0 Å². The molecule has 0 aromatic heterocycles. The summed E-state index contributed by atoms with van der Waals surface area (Å²) in [6.07, 6.45) is 3.74. The standard InChI is InChI=1S/C18H25FN2O2/c19-16-3-1-2-4-17(16)21-10-9-13(12-21)11-20-18(23)14-5-7-15(22)8-6-14/h1-4,13-15,22H,5-12H2,(H,20,23)/t13-,14?,15?/m1/s1. The van der Waals surface area contributed by atoms with Gasteiger partial charge in [0.2, 0.25) is 5.91 Å². The van der Waals surface area contributed by atoms with Gasteiger partial charge in [0.25, 0.3) is 0 Å². The van der Waals surface area contributed by atoms with E-state index in [2.05, 4.69) is 10.2 Å². The van der Waals surface area contributed by atoms with Gasteiger partial charge in [0, 0.05) is 25.6 Å². The van der Waals surface area contributed by atoms with Gasteiger partial charge in [0.15, 0.2) is 0 Å². The normalized spacial score (nSPS) is 27.9. The van der Waals surface area contributed by atoms with Crippen LogP contribution >= 0.6 is 0 Å². The quantitative estimate of drug-likeness (QED) is 0.895. The third-order valence-corrected chi connectivity index (χ3v) is 5.11. The van der Waals surface area contributed by atoms with Crippen molar-refractivity contribution in [2.45, 2.75) is 38.2 Å². The number of aliphatic hydroxyl groups is 1. The van der Waals surface area contributed by atoms with E-state index in [1.165, 1.54) is 6.07 Å². The molecule has 4 nitrogen and oxygen atoms in total. The van der Waals surface area contributed by atoms with Crippen molar-refractivity contribution >= 4 is 11.6 Å². The predicted molar refractivity (Wildman–Crippen MR) is 87.7 cm³/mol. The lowest BCUT2D eigenvalue weighted by Gasteiger charge is -2.25. The number of carbonyl (C=O) groups excluding carboxylic acids is 1. The Balaban J connectivity index is 1.45. The Labute approximate surface area is 136 Å². The van der Waals surface area contributed by atoms with Crippen LogP contribution in [0.25, 0.3) is 0 Å². The van der Waals surface area contributed by atoms with Crippen molar-refractivity contribution in [3.8, 4) is 0 Å². The molecule has 1 aliphatic heterocycles. The fourth-order valence-electron chi connectivity index (χ4n) is 3.65. The van der Waals surface area contributed by atoms with Crippen LogP contribution in [-0.4, -0.2) is 36.8 Å². The first-order valence-electron chi connectivity index (χ1n) is 8.58. The molecular formula is C18H25FN2O2. The minimum absolute atomic E-state index is 0.0440. The SMILES string of the molecule is O=C(NC[C@H]1CCN(c2ccccc2F)C1)C1CCC(O)CC1. The van der Waals surface area contributed by atoms with Gasteiger partial charge < -0.3 is 15.3 Å². The molecule has 1 aromatic carbocycles. The molecule has 1 saturated heterocycles. The molecule has 126 valence electrons. The first-order chi connectivity index (χ1) is 11.1. The van der Waals surface area contributed by atoms with Crippen LogP contribution in [0.5, 0.6) is 0 Å². The smallest absolute Gasteiger partial charge is 0.223 e. The summed E-state index contributed by atoms with van der Waals surface area (Å²) in [6, 6.07) is 6.85. The highest BCUT2D eigenvalue weighted by molar-refractivity contribution is 5.78. The average Bonchev–Trinajstić information content (AvgIpc) is 3.02. The van der Waals surface area contributed by atoms with Gasteiger partial charge in [0.1, 0.15) is 5.82 Å². The van der Waals surface area contributed by atoms with Crippen LogP contribution in [0.3, 0.4) is 0 Å². The molecule has 5 heteroatoms. The van der Waals surface area contributed by atoms with Crippen molar-refractivity contribution in [2.75, 3.05) is 24.5 Å². The summed E-state index contributed by atoms with van der Waals surface area (Å²) in [5, 5.41) is 12.6. The van der Waals surface area contributed by atoms with Crippen molar-refractivity contribution in [1.29, 1.82) is 0 Å². The van der Waals surface area contributed by atoms with E-state index in [1.807, 2.05) is 12.1 Å². The lowest BCUT2D eigenvalue weighted by atomic mass is 9.87. The van der Waals surface area contributed by atoms with E-state index in [9.17, 15) is 14.3 Å². The Hall–Kier alpha value is -1.62. The maximum atomic E-state index is 13.8. The molecule has 1 heterocycles. The van der Waals surface area contributed by atoms with Crippen molar-refractivity contribution < 1.29 is 14.3 Å². The third-order valence-electron chi connectivity index (χ3n) is 5.11. The van der Waals surface area contributed by atoms with E-state index in [4.69, 9.17) is 0 Å². The second kappa shape index (κ2) is 7.30. The van der Waals surface area contributed by atoms with Crippen molar-refractivity contribution in [1.82, 2.24) is 5.32 Å². The number of anilines is 1. The van der Waals surface area contributed by atoms with Crippen LogP contribution in [0.15, 0.2) is 24.3 Å². The minimum atomic E-state index is -0.233. The number of amides is 1. The Morgan fingerprint density at radius 1 is 1.22 bits per heavy atom. The first-order valence-corrected chi connectivity index (χ1v) is 8.58. The molecule has 0 radical (unpaired) electrons. The summed E-state index contributed by atoms with van der Waals surface area (Å²) in [7, 11) is 0. The van der Waals surface area contributed by atoms with Gasteiger partial charge in [-0.3, -0.25) is 4.79 Å². The Morgan fingerprint density at radius 3 is 2.70 bits per heavy atom. The number of para-hydroxylation sites is 1. The maximum Gasteiger partial charge on any atom is 0.223 e. The number of halogens is 1. The van der Waals surface area contributed by atoms with Crippen LogP contribution < -0.4 is 10.2 Å².